The summed E-state index contributed by atoms with van der Waals surface area (Å²) >= 11 is 0. The second-order valence-electron chi connectivity index (χ2n) is 9.50. The fourth-order valence-electron chi connectivity index (χ4n) is 2.68. The van der Waals surface area contributed by atoms with Gasteiger partial charge in [-0.25, -0.2) is 14.4 Å². The molecule has 0 saturated carbocycles. The van der Waals surface area contributed by atoms with Gasteiger partial charge in [0.25, 0.3) is 0 Å². The summed E-state index contributed by atoms with van der Waals surface area (Å²) in [6.45, 7) is 11.1. The summed E-state index contributed by atoms with van der Waals surface area (Å²) < 4.78 is 15.4. The van der Waals surface area contributed by atoms with Gasteiger partial charge in [-0.15, -0.1) is 0 Å². The first kappa shape index (κ1) is 29.6. The molecule has 0 heterocycles. The highest BCUT2D eigenvalue weighted by Gasteiger charge is 2.30. The van der Waals surface area contributed by atoms with Crippen molar-refractivity contribution in [3.05, 3.63) is 0 Å². The summed E-state index contributed by atoms with van der Waals surface area (Å²) in [5.41, 5.74) is -1.44. The van der Waals surface area contributed by atoms with Crippen LogP contribution in [0.1, 0.15) is 73.6 Å². The molecule has 0 aromatic heterocycles. The molecule has 3 N–H and O–H groups in total. The minimum Gasteiger partial charge on any atom is -0.467 e. The number of ether oxygens (including phenoxy) is 3. The Labute approximate surface area is 191 Å². The Kier molecular flexibility index (Phi) is 12.9. The minimum absolute atomic E-state index is 0.0116. The van der Waals surface area contributed by atoms with Crippen molar-refractivity contribution in [3.63, 3.8) is 0 Å². The zero-order valence-electron chi connectivity index (χ0n) is 20.8. The molecule has 10 heteroatoms. The van der Waals surface area contributed by atoms with E-state index >= 15 is 0 Å². The third-order valence-corrected chi connectivity index (χ3v) is 4.01. The van der Waals surface area contributed by atoms with Gasteiger partial charge in [-0.3, -0.25) is 4.79 Å². The van der Waals surface area contributed by atoms with Crippen LogP contribution in [-0.4, -0.2) is 67.9 Å². The quantitative estimate of drug-likeness (QED) is 0.229. The van der Waals surface area contributed by atoms with E-state index in [2.05, 4.69) is 16.0 Å². The van der Waals surface area contributed by atoms with Crippen molar-refractivity contribution in [1.29, 1.82) is 0 Å². The number of nitrogens with one attached hydrogen (secondary N) is 3. The van der Waals surface area contributed by atoms with Gasteiger partial charge in [0, 0.05) is 6.42 Å². The fourth-order valence-corrected chi connectivity index (χ4v) is 2.68. The Bertz CT molecular complexity index is 624. The lowest BCUT2D eigenvalue weighted by Crippen LogP contribution is -2.52. The van der Waals surface area contributed by atoms with Gasteiger partial charge in [0.2, 0.25) is 0 Å². The second-order valence-corrected chi connectivity index (χ2v) is 9.50. The number of amides is 2. The van der Waals surface area contributed by atoms with Crippen LogP contribution in [0, 0.1) is 0 Å². The third kappa shape index (κ3) is 14.6. The minimum atomic E-state index is -1.09. The maximum Gasteiger partial charge on any atom is 0.329 e. The van der Waals surface area contributed by atoms with Crippen LogP contribution in [0.2, 0.25) is 0 Å². The van der Waals surface area contributed by atoms with Crippen LogP contribution in [0.4, 0.5) is 4.79 Å². The van der Waals surface area contributed by atoms with Crippen LogP contribution < -0.4 is 16.0 Å². The molecule has 2 atom stereocenters. The van der Waals surface area contributed by atoms with E-state index < -0.39 is 47.2 Å². The van der Waals surface area contributed by atoms with E-state index in [1.165, 1.54) is 7.11 Å². The fraction of sp³-hybridized carbons (Fsp3) is 0.818. The van der Waals surface area contributed by atoms with Crippen LogP contribution in [0.3, 0.4) is 0 Å². The topological polar surface area (TPSA) is 132 Å². The Morgan fingerprint density at radius 3 is 1.78 bits per heavy atom. The monoisotopic (exact) mass is 459 g/mol. The lowest BCUT2D eigenvalue weighted by molar-refractivity contribution is -0.158. The summed E-state index contributed by atoms with van der Waals surface area (Å²) in [7, 11) is 3.07. The molecule has 0 aromatic carbocycles. The van der Waals surface area contributed by atoms with Gasteiger partial charge in [0.05, 0.1) is 7.11 Å². The van der Waals surface area contributed by atoms with Crippen LogP contribution in [0.15, 0.2) is 0 Å². The normalized spacial score (nSPS) is 13.5. The molecule has 10 nitrogen and oxygen atoms in total. The number of urea groups is 1. The predicted octanol–water partition coefficient (Wildman–Crippen LogP) is 2.05. The molecular formula is C22H41N3O7. The number of hydrogen-bond donors (Lipinski definition) is 3. The molecule has 0 aliphatic heterocycles. The first-order valence-corrected chi connectivity index (χ1v) is 10.9. The average molecular weight is 460 g/mol. The van der Waals surface area contributed by atoms with E-state index in [9.17, 15) is 19.2 Å². The molecule has 0 aliphatic rings. The van der Waals surface area contributed by atoms with Gasteiger partial charge >= 0.3 is 23.9 Å². The van der Waals surface area contributed by atoms with Crippen molar-refractivity contribution in [2.75, 3.05) is 20.7 Å². The van der Waals surface area contributed by atoms with Crippen molar-refractivity contribution in [2.45, 2.75) is 96.9 Å². The smallest absolute Gasteiger partial charge is 0.329 e. The van der Waals surface area contributed by atoms with Crippen LogP contribution in [0.25, 0.3) is 0 Å². The Morgan fingerprint density at radius 1 is 0.781 bits per heavy atom. The number of carbonyl (C=O) groups is 4. The molecule has 32 heavy (non-hydrogen) atoms. The zero-order valence-corrected chi connectivity index (χ0v) is 20.8. The van der Waals surface area contributed by atoms with Gasteiger partial charge in [0.15, 0.2) is 0 Å². The maximum atomic E-state index is 12.6. The molecular weight excluding hydrogens is 418 g/mol. The first-order chi connectivity index (χ1) is 14.7. The Morgan fingerprint density at radius 2 is 1.31 bits per heavy atom. The standard InChI is InChI=1S/C22H41N3O7/c1-21(2,3)31-17(26)13-12-16(19(28)32-22(4,5)6)25-20(29)24-15(18(27)30-8)11-9-10-14-23-7/h15-16,23H,9-14H2,1-8H3,(H2,24,25,29)/t15-,16-/m0/s1. The molecule has 0 aromatic rings. The first-order valence-electron chi connectivity index (χ1n) is 10.9. The van der Waals surface area contributed by atoms with Gasteiger partial charge in [-0.05, 0) is 80.8 Å². The molecule has 0 saturated heterocycles. The summed E-state index contributed by atoms with van der Waals surface area (Å²) in [5, 5.41) is 8.08. The van der Waals surface area contributed by atoms with Crippen molar-refractivity contribution in [1.82, 2.24) is 16.0 Å². The molecule has 2 amide bonds. The van der Waals surface area contributed by atoms with Gasteiger partial charge in [-0.2, -0.15) is 0 Å². The van der Waals surface area contributed by atoms with Crippen molar-refractivity contribution < 1.29 is 33.4 Å². The van der Waals surface area contributed by atoms with E-state index in [0.29, 0.717) is 12.8 Å². The van der Waals surface area contributed by atoms with E-state index in [1.807, 2.05) is 7.05 Å². The summed E-state index contributed by atoms with van der Waals surface area (Å²) in [6, 6.07) is -2.68. The van der Waals surface area contributed by atoms with Crippen LogP contribution >= 0.6 is 0 Å². The van der Waals surface area contributed by atoms with E-state index in [1.54, 1.807) is 41.5 Å². The molecule has 0 rings (SSSR count). The highest BCUT2D eigenvalue weighted by molar-refractivity contribution is 5.87. The number of methoxy groups -OCH3 is 1. The molecule has 0 aliphatic carbocycles. The third-order valence-electron chi connectivity index (χ3n) is 4.01. The lowest BCUT2D eigenvalue weighted by atomic mass is 10.1. The van der Waals surface area contributed by atoms with Crippen LogP contribution in [-0.2, 0) is 28.6 Å². The predicted molar refractivity (Wildman–Crippen MR) is 120 cm³/mol. The zero-order chi connectivity index (χ0) is 24.9. The highest BCUT2D eigenvalue weighted by atomic mass is 16.6. The van der Waals surface area contributed by atoms with Crippen LogP contribution in [0.5, 0.6) is 0 Å². The van der Waals surface area contributed by atoms with Gasteiger partial charge in [0.1, 0.15) is 23.3 Å². The second kappa shape index (κ2) is 13.9. The van der Waals surface area contributed by atoms with E-state index in [0.717, 1.165) is 13.0 Å². The molecule has 0 radical (unpaired) electrons. The Hall–Kier alpha value is -2.36. The molecule has 0 spiro atoms. The summed E-state index contributed by atoms with van der Waals surface area (Å²) in [4.78, 5) is 49.2. The van der Waals surface area contributed by atoms with E-state index in [4.69, 9.17) is 14.2 Å². The van der Waals surface area contributed by atoms with Gasteiger partial charge in [-0.1, -0.05) is 0 Å². The number of carbonyl (C=O) groups excluding carboxylic acids is 4. The van der Waals surface area contributed by atoms with Crippen molar-refractivity contribution in [3.8, 4) is 0 Å². The molecule has 0 fully saturated rings. The average Bonchev–Trinajstić information content (AvgIpc) is 2.64. The number of rotatable bonds is 12. The van der Waals surface area contributed by atoms with Crippen molar-refractivity contribution in [2.24, 2.45) is 0 Å². The van der Waals surface area contributed by atoms with Crippen molar-refractivity contribution >= 4 is 23.9 Å². The lowest BCUT2D eigenvalue weighted by Gasteiger charge is -2.26. The number of unbranched alkanes of at least 4 members (excludes halogenated alkanes) is 1. The SMILES string of the molecule is CNCCCC[C@H](NC(=O)N[C@@H](CCC(=O)OC(C)(C)C)C(=O)OC(C)(C)C)C(=O)OC. The van der Waals surface area contributed by atoms with E-state index in [-0.39, 0.29) is 12.8 Å². The highest BCUT2D eigenvalue weighted by Crippen LogP contribution is 2.14. The molecule has 186 valence electrons. The summed E-state index contributed by atoms with van der Waals surface area (Å²) in [5.74, 6) is -1.75. The maximum absolute atomic E-state index is 12.6. The largest absolute Gasteiger partial charge is 0.467 e. The Balaban J connectivity index is 5.15. The number of hydrogen-bond acceptors (Lipinski definition) is 8. The molecule has 0 bridgehead atoms. The number of esters is 3. The van der Waals surface area contributed by atoms with Gasteiger partial charge < -0.3 is 30.2 Å². The molecule has 0 unspecified atom stereocenters. The summed E-state index contributed by atoms with van der Waals surface area (Å²) in [6.07, 6.45) is 1.80.